The van der Waals surface area contributed by atoms with Gasteiger partial charge in [-0.2, -0.15) is 0 Å². The zero-order chi connectivity index (χ0) is 19.6. The molecule has 0 bridgehead atoms. The number of imide groups is 1. The van der Waals surface area contributed by atoms with Crippen LogP contribution >= 0.6 is 0 Å². The Labute approximate surface area is 158 Å². The zero-order valence-corrected chi connectivity index (χ0v) is 15.7. The molecule has 1 aliphatic heterocycles. The topological polar surface area (TPSA) is 78.5 Å². The molecule has 6 nitrogen and oxygen atoms in total. The maximum atomic E-state index is 13.0. The zero-order valence-electron chi connectivity index (χ0n) is 15.7. The fourth-order valence-corrected chi connectivity index (χ4v) is 3.52. The number of benzene rings is 2. The van der Waals surface area contributed by atoms with Crippen LogP contribution in [0.1, 0.15) is 30.0 Å². The lowest BCUT2D eigenvalue weighted by atomic mass is 9.87. The minimum atomic E-state index is -1.13. The second kappa shape index (κ2) is 7.23. The van der Waals surface area contributed by atoms with Crippen LogP contribution in [0.5, 0.6) is 0 Å². The molecule has 0 saturated carbocycles. The van der Waals surface area contributed by atoms with Crippen molar-refractivity contribution >= 4 is 23.5 Å². The number of rotatable bonds is 5. The summed E-state index contributed by atoms with van der Waals surface area (Å²) in [7, 11) is 0. The van der Waals surface area contributed by atoms with Crippen LogP contribution < -0.4 is 10.6 Å². The second-order valence-corrected chi connectivity index (χ2v) is 6.87. The molecule has 1 heterocycles. The number of hydrogen-bond donors (Lipinski definition) is 2. The van der Waals surface area contributed by atoms with Gasteiger partial charge in [-0.05, 0) is 49.1 Å². The third-order valence-corrected chi connectivity index (χ3v) is 4.78. The van der Waals surface area contributed by atoms with E-state index in [-0.39, 0.29) is 6.54 Å². The van der Waals surface area contributed by atoms with Crippen molar-refractivity contribution in [3.05, 3.63) is 65.2 Å². The average molecular weight is 365 g/mol. The lowest BCUT2D eigenvalue weighted by Gasteiger charge is -2.25. The lowest BCUT2D eigenvalue weighted by molar-refractivity contribution is -0.134. The quantitative estimate of drug-likeness (QED) is 0.799. The van der Waals surface area contributed by atoms with E-state index in [0.29, 0.717) is 17.7 Å². The molecule has 27 heavy (non-hydrogen) atoms. The van der Waals surface area contributed by atoms with E-state index >= 15 is 0 Å². The highest BCUT2D eigenvalue weighted by atomic mass is 16.2. The monoisotopic (exact) mass is 365 g/mol. The molecule has 0 radical (unpaired) electrons. The summed E-state index contributed by atoms with van der Waals surface area (Å²) >= 11 is 0. The summed E-state index contributed by atoms with van der Waals surface area (Å²) in [5.74, 6) is -0.819. The summed E-state index contributed by atoms with van der Waals surface area (Å²) in [6, 6.07) is 14.2. The first-order valence-corrected chi connectivity index (χ1v) is 8.93. The van der Waals surface area contributed by atoms with Crippen LogP contribution in [0.2, 0.25) is 0 Å². The van der Waals surface area contributed by atoms with Gasteiger partial charge in [0.15, 0.2) is 0 Å². The molecular weight excluding hydrogens is 342 g/mol. The standard InChI is InChI=1S/C21H23N3O3/c1-4-21(16-8-6-5-7-9-16)19(26)24(20(27)23-21)13-18(25)22-17-11-14(2)10-15(3)12-17/h5-12H,4,13H2,1-3H3,(H,22,25)(H,23,27)/t21-/m1/s1. The molecule has 0 spiro atoms. The first-order chi connectivity index (χ1) is 12.9. The van der Waals surface area contributed by atoms with Gasteiger partial charge in [0.2, 0.25) is 5.91 Å². The molecule has 1 atom stereocenters. The Balaban J connectivity index is 1.78. The van der Waals surface area contributed by atoms with Crippen LogP contribution in [0.25, 0.3) is 0 Å². The third kappa shape index (κ3) is 3.56. The van der Waals surface area contributed by atoms with Gasteiger partial charge in [0.1, 0.15) is 12.1 Å². The van der Waals surface area contributed by atoms with E-state index in [2.05, 4.69) is 10.6 Å². The highest BCUT2D eigenvalue weighted by Gasteiger charge is 2.51. The molecule has 2 aromatic rings. The average Bonchev–Trinajstić information content (AvgIpc) is 2.86. The second-order valence-electron chi connectivity index (χ2n) is 6.87. The van der Waals surface area contributed by atoms with Crippen LogP contribution in [-0.4, -0.2) is 29.3 Å². The van der Waals surface area contributed by atoms with E-state index in [1.807, 2.05) is 57.2 Å². The van der Waals surface area contributed by atoms with Gasteiger partial charge in [0.25, 0.3) is 5.91 Å². The smallest absolute Gasteiger partial charge is 0.325 e. The number of hydrogen-bond acceptors (Lipinski definition) is 3. The highest BCUT2D eigenvalue weighted by molar-refractivity contribution is 6.10. The van der Waals surface area contributed by atoms with Gasteiger partial charge in [-0.25, -0.2) is 4.79 Å². The number of carbonyl (C=O) groups is 3. The minimum absolute atomic E-state index is 0.327. The van der Waals surface area contributed by atoms with Gasteiger partial charge in [-0.3, -0.25) is 14.5 Å². The maximum absolute atomic E-state index is 13.0. The Morgan fingerprint density at radius 3 is 2.30 bits per heavy atom. The summed E-state index contributed by atoms with van der Waals surface area (Å²) in [5.41, 5.74) is 2.28. The first kappa shape index (κ1) is 18.6. The third-order valence-electron chi connectivity index (χ3n) is 4.78. The number of nitrogens with one attached hydrogen (secondary N) is 2. The van der Waals surface area contributed by atoms with E-state index in [0.717, 1.165) is 16.0 Å². The van der Waals surface area contributed by atoms with Crippen molar-refractivity contribution in [1.29, 1.82) is 0 Å². The molecule has 1 aliphatic rings. The van der Waals surface area contributed by atoms with Gasteiger partial charge in [-0.1, -0.05) is 43.3 Å². The van der Waals surface area contributed by atoms with Gasteiger partial charge in [0, 0.05) is 5.69 Å². The van der Waals surface area contributed by atoms with Crippen molar-refractivity contribution < 1.29 is 14.4 Å². The number of amides is 4. The summed E-state index contributed by atoms with van der Waals surface area (Å²) in [4.78, 5) is 38.9. The molecule has 2 aromatic carbocycles. The summed E-state index contributed by atoms with van der Waals surface area (Å²) in [5, 5.41) is 5.54. The largest absolute Gasteiger partial charge is 0.325 e. The number of carbonyl (C=O) groups excluding carboxylic acids is 3. The molecule has 2 N–H and O–H groups in total. The van der Waals surface area contributed by atoms with Crippen LogP contribution in [0.3, 0.4) is 0 Å². The Morgan fingerprint density at radius 2 is 1.70 bits per heavy atom. The fraction of sp³-hybridized carbons (Fsp3) is 0.286. The molecule has 0 aliphatic carbocycles. The molecule has 0 aromatic heterocycles. The minimum Gasteiger partial charge on any atom is -0.325 e. The Morgan fingerprint density at radius 1 is 1.07 bits per heavy atom. The lowest BCUT2D eigenvalue weighted by Crippen LogP contribution is -2.44. The van der Waals surface area contributed by atoms with Crippen LogP contribution in [-0.2, 0) is 15.1 Å². The Bertz CT molecular complexity index is 875. The van der Waals surface area contributed by atoms with Gasteiger partial charge in [0.05, 0.1) is 0 Å². The van der Waals surface area contributed by atoms with Crippen molar-refractivity contribution in [2.24, 2.45) is 0 Å². The van der Waals surface area contributed by atoms with E-state index in [1.165, 1.54) is 0 Å². The molecule has 6 heteroatoms. The number of anilines is 1. The number of urea groups is 1. The maximum Gasteiger partial charge on any atom is 0.325 e. The van der Waals surface area contributed by atoms with E-state index < -0.39 is 23.4 Å². The molecule has 1 fully saturated rings. The summed E-state index contributed by atoms with van der Waals surface area (Å²) < 4.78 is 0. The molecule has 1 saturated heterocycles. The van der Waals surface area contributed by atoms with E-state index in [9.17, 15) is 14.4 Å². The normalized spacial score (nSPS) is 19.1. The first-order valence-electron chi connectivity index (χ1n) is 8.93. The van der Waals surface area contributed by atoms with Crippen molar-refractivity contribution in [3.63, 3.8) is 0 Å². The van der Waals surface area contributed by atoms with Crippen molar-refractivity contribution in [2.45, 2.75) is 32.7 Å². The van der Waals surface area contributed by atoms with Crippen molar-refractivity contribution in [1.82, 2.24) is 10.2 Å². The summed E-state index contributed by atoms with van der Waals surface area (Å²) in [6.07, 6.45) is 0.400. The van der Waals surface area contributed by atoms with E-state index in [1.54, 1.807) is 12.1 Å². The van der Waals surface area contributed by atoms with Gasteiger partial charge in [-0.15, -0.1) is 0 Å². The Kier molecular flexibility index (Phi) is 4.99. The molecule has 4 amide bonds. The number of aryl methyl sites for hydroxylation is 2. The van der Waals surface area contributed by atoms with Crippen molar-refractivity contribution in [3.8, 4) is 0 Å². The van der Waals surface area contributed by atoms with Gasteiger partial charge < -0.3 is 10.6 Å². The number of nitrogens with zero attached hydrogens (tertiary/aromatic N) is 1. The fourth-order valence-electron chi connectivity index (χ4n) is 3.52. The predicted octanol–water partition coefficient (Wildman–Crippen LogP) is 3.10. The SMILES string of the molecule is CC[C@]1(c2ccccc2)NC(=O)N(CC(=O)Nc2cc(C)cc(C)c2)C1=O. The Hall–Kier alpha value is -3.15. The van der Waals surface area contributed by atoms with Gasteiger partial charge >= 0.3 is 6.03 Å². The molecule has 3 rings (SSSR count). The van der Waals surface area contributed by atoms with E-state index in [4.69, 9.17) is 0 Å². The molecule has 0 unspecified atom stereocenters. The van der Waals surface area contributed by atoms with Crippen LogP contribution in [0.15, 0.2) is 48.5 Å². The van der Waals surface area contributed by atoms with Crippen LogP contribution in [0, 0.1) is 13.8 Å². The van der Waals surface area contributed by atoms with Crippen LogP contribution in [0.4, 0.5) is 10.5 Å². The molecule has 140 valence electrons. The highest BCUT2D eigenvalue weighted by Crippen LogP contribution is 2.32. The predicted molar refractivity (Wildman–Crippen MR) is 103 cm³/mol. The molecular formula is C21H23N3O3. The summed E-state index contributed by atoms with van der Waals surface area (Å²) in [6.45, 7) is 5.39. The van der Waals surface area contributed by atoms with Crippen molar-refractivity contribution in [2.75, 3.05) is 11.9 Å².